The number of halogens is 5. The SMILES string of the molecule is CCN1CCc2c(-c3cc(F)ccc3O)cc3c(N=O)c(O)[nH]c3c2C1.CN1CCc2c(-c3cc(F)ccc3O)cc3c(N=O)c(O)[nH]c3c2C1.COc1ccc(F)cc1-c1cc2c(N=O)c(O)[nH]c2c2c1CCNC2.COc1ccc(F)cc1-c1cc2c(c3c1CCN(C)C3)NC(=O)C2O[N+](=O)[O-].COc1ccc(F)cc1-c1cc2c(c3c1CCN(C)C3)NON=C2C(=O)O. The van der Waals surface area contributed by atoms with Gasteiger partial charge in [0.05, 0.1) is 49.3 Å². The number of nitrogens with one attached hydrogen (secondary N) is 6. The molecule has 676 valence electrons. The molecule has 38 heteroatoms. The number of aromatic hydroxyl groups is 5. The van der Waals surface area contributed by atoms with Crippen LogP contribution in [0.5, 0.6) is 46.4 Å². The van der Waals surface area contributed by atoms with Crippen molar-refractivity contribution in [3.05, 3.63) is 242 Å². The first-order chi connectivity index (χ1) is 63.0. The van der Waals surface area contributed by atoms with Crippen LogP contribution in [0.2, 0.25) is 0 Å². The Bertz CT molecular complexity index is 6880. The molecule has 0 aliphatic carbocycles. The smallest absolute Gasteiger partial charge is 0.358 e. The van der Waals surface area contributed by atoms with Gasteiger partial charge in [-0.25, -0.2) is 26.7 Å². The summed E-state index contributed by atoms with van der Waals surface area (Å²) in [5, 5.41) is 89.8. The van der Waals surface area contributed by atoms with Crippen LogP contribution in [0.15, 0.2) is 142 Å². The Labute approximate surface area is 741 Å². The predicted octanol–water partition coefficient (Wildman–Crippen LogP) is 17.0. The van der Waals surface area contributed by atoms with Crippen LogP contribution in [-0.2, 0) is 84.2 Å². The average molecular weight is 1800 g/mol. The number of carboxylic acid groups (broad SMARTS) is 1. The van der Waals surface area contributed by atoms with Crippen molar-refractivity contribution >= 4 is 78.7 Å². The summed E-state index contributed by atoms with van der Waals surface area (Å²) in [6.07, 6.45) is 2.22. The molecular formula is C93H86F5N15O18. The number of benzene rings is 10. The van der Waals surface area contributed by atoms with Crippen LogP contribution in [0.25, 0.3) is 88.3 Å². The number of hydrogen-bond acceptors (Lipinski definition) is 27. The van der Waals surface area contributed by atoms with E-state index in [9.17, 15) is 87.0 Å². The molecule has 13 aromatic rings. The lowest BCUT2D eigenvalue weighted by Gasteiger charge is -2.31. The van der Waals surface area contributed by atoms with E-state index in [1.54, 1.807) is 42.5 Å². The number of carboxylic acids is 1. The van der Waals surface area contributed by atoms with Gasteiger partial charge in [0.15, 0.2) is 22.8 Å². The number of likely N-dealkylation sites (N-methyl/N-ethyl adjacent to an activating group) is 4. The van der Waals surface area contributed by atoms with Gasteiger partial charge in [-0.05, 0) is 292 Å². The third-order valence-electron chi connectivity index (χ3n) is 24.6. The summed E-state index contributed by atoms with van der Waals surface area (Å²) in [5.41, 5.74) is 21.7. The highest BCUT2D eigenvalue weighted by molar-refractivity contribution is 6.44. The zero-order valence-corrected chi connectivity index (χ0v) is 71.4. The van der Waals surface area contributed by atoms with Crippen molar-refractivity contribution in [1.29, 1.82) is 0 Å². The summed E-state index contributed by atoms with van der Waals surface area (Å²) in [6.45, 7) is 9.95. The summed E-state index contributed by atoms with van der Waals surface area (Å²) in [5.74, 6) is -3.26. The van der Waals surface area contributed by atoms with E-state index < -0.39 is 46.3 Å². The van der Waals surface area contributed by atoms with Crippen LogP contribution in [-0.4, -0.2) is 170 Å². The molecule has 0 fully saturated rings. The van der Waals surface area contributed by atoms with Crippen LogP contribution < -0.4 is 30.3 Å². The Kier molecular flexibility index (Phi) is 25.2. The maximum atomic E-state index is 14.0. The Morgan fingerprint density at radius 3 is 1.31 bits per heavy atom. The highest BCUT2D eigenvalue weighted by atomic mass is 19.1. The molecule has 0 saturated carbocycles. The number of carbonyl (C=O) groups excluding carboxylic acids is 1. The van der Waals surface area contributed by atoms with Gasteiger partial charge in [-0.1, -0.05) is 6.92 Å². The number of phenols is 2. The molecule has 1 amide bonds. The normalized spacial score (nSPS) is 15.4. The average Bonchev–Trinajstić information content (AvgIpc) is 1.75. The molecule has 0 spiro atoms. The Morgan fingerprint density at radius 2 is 0.870 bits per heavy atom. The minimum atomic E-state index is -1.36. The maximum absolute atomic E-state index is 14.0. The number of hydrogen-bond donors (Lipinski definition) is 12. The zero-order valence-electron chi connectivity index (χ0n) is 71.4. The van der Waals surface area contributed by atoms with Gasteiger partial charge in [0.1, 0.15) is 57.8 Å². The van der Waals surface area contributed by atoms with Crippen LogP contribution in [0.1, 0.15) is 79.8 Å². The summed E-state index contributed by atoms with van der Waals surface area (Å²) >= 11 is 0. The second kappa shape index (κ2) is 36.9. The van der Waals surface area contributed by atoms with Crippen molar-refractivity contribution in [2.45, 2.75) is 77.9 Å². The number of nitrogens with zero attached hydrogens (tertiary/aromatic N) is 9. The molecule has 1 atom stereocenters. The number of carbonyl (C=O) groups is 2. The highest BCUT2D eigenvalue weighted by Crippen LogP contribution is 2.52. The molecule has 20 rings (SSSR count). The Balaban J connectivity index is 0.000000120. The third kappa shape index (κ3) is 17.1. The number of amides is 1. The number of H-pyrrole nitrogens is 3. The zero-order chi connectivity index (χ0) is 92.8. The second-order valence-corrected chi connectivity index (χ2v) is 32.3. The van der Waals surface area contributed by atoms with E-state index in [-0.39, 0.29) is 57.7 Å². The first kappa shape index (κ1) is 89.3. The van der Waals surface area contributed by atoms with Crippen LogP contribution in [0.3, 0.4) is 0 Å². The predicted molar refractivity (Wildman–Crippen MR) is 478 cm³/mol. The number of anilines is 2. The van der Waals surface area contributed by atoms with E-state index in [1.165, 1.54) is 100 Å². The van der Waals surface area contributed by atoms with Crippen LogP contribution in [0.4, 0.5) is 50.4 Å². The number of phenolic OH excluding ortho intramolecular Hbond substituents is 2. The molecule has 0 bridgehead atoms. The van der Waals surface area contributed by atoms with Crippen molar-refractivity contribution in [1.82, 2.24) is 39.9 Å². The summed E-state index contributed by atoms with van der Waals surface area (Å²) in [7, 11) is 10.5. The monoisotopic (exact) mass is 1800 g/mol. The number of methoxy groups -OCH3 is 3. The number of aromatic nitrogens is 3. The second-order valence-electron chi connectivity index (χ2n) is 32.3. The topological polar surface area (TPSA) is 442 Å². The van der Waals surface area contributed by atoms with Gasteiger partial charge >= 0.3 is 5.97 Å². The summed E-state index contributed by atoms with van der Waals surface area (Å²) < 4.78 is 85.7. The van der Waals surface area contributed by atoms with Gasteiger partial charge < -0.3 is 85.1 Å². The van der Waals surface area contributed by atoms with Gasteiger partial charge in [0.25, 0.3) is 11.0 Å². The lowest BCUT2D eigenvalue weighted by atomic mass is 9.85. The number of nitroso groups, excluding NO2 is 3. The van der Waals surface area contributed by atoms with Crippen molar-refractivity contribution in [2.24, 2.45) is 20.7 Å². The van der Waals surface area contributed by atoms with Crippen molar-refractivity contribution < 1.29 is 91.3 Å². The number of rotatable bonds is 15. The van der Waals surface area contributed by atoms with Crippen molar-refractivity contribution in [3.63, 3.8) is 0 Å². The molecule has 10 heterocycles. The molecule has 33 nitrogen and oxygen atoms in total. The molecule has 10 aromatic carbocycles. The minimum Gasteiger partial charge on any atom is -0.507 e. The number of fused-ring (bicyclic) bond motifs is 15. The minimum absolute atomic E-state index is 0.0359. The van der Waals surface area contributed by atoms with Crippen LogP contribution >= 0.6 is 0 Å². The summed E-state index contributed by atoms with van der Waals surface area (Å²) in [6, 6.07) is 29.0. The molecule has 12 N–H and O–H groups in total. The van der Waals surface area contributed by atoms with Crippen LogP contribution in [0, 0.1) is 53.9 Å². The van der Waals surface area contributed by atoms with E-state index >= 15 is 0 Å². The van der Waals surface area contributed by atoms with E-state index in [1.807, 2.05) is 21.1 Å². The van der Waals surface area contributed by atoms with E-state index in [0.29, 0.717) is 169 Å². The molecule has 0 radical (unpaired) electrons. The molecule has 0 saturated heterocycles. The van der Waals surface area contributed by atoms with Gasteiger partial charge in [-0.3, -0.25) is 19.5 Å². The van der Waals surface area contributed by atoms with Crippen molar-refractivity contribution in [3.8, 4) is 102 Å². The van der Waals surface area contributed by atoms with E-state index in [0.717, 1.165) is 119 Å². The van der Waals surface area contributed by atoms with Gasteiger partial charge in [-0.15, -0.1) is 24.8 Å². The fourth-order valence-corrected chi connectivity index (χ4v) is 18.5. The van der Waals surface area contributed by atoms with Crippen molar-refractivity contribution in [2.75, 3.05) is 92.5 Å². The maximum Gasteiger partial charge on any atom is 0.358 e. The first-order valence-corrected chi connectivity index (χ1v) is 41.4. The molecule has 131 heavy (non-hydrogen) atoms. The fourth-order valence-electron chi connectivity index (χ4n) is 18.5. The largest absolute Gasteiger partial charge is 0.507 e. The Hall–Kier alpha value is -15.1. The third-order valence-corrected chi connectivity index (χ3v) is 24.6. The number of aliphatic carboxylic acids is 1. The molecule has 3 aromatic heterocycles. The molecule has 7 aliphatic heterocycles. The molecule has 7 aliphatic rings. The van der Waals surface area contributed by atoms with Gasteiger partial charge in [-0.2, -0.15) is 5.48 Å². The van der Waals surface area contributed by atoms with E-state index in [2.05, 4.69) is 83.1 Å². The number of aromatic amines is 3. The highest BCUT2D eigenvalue weighted by Gasteiger charge is 2.40. The fraction of sp³-hybridized carbons (Fsp3) is 0.258. The summed E-state index contributed by atoms with van der Waals surface area (Å²) in [4.78, 5) is 95.0. The van der Waals surface area contributed by atoms with Gasteiger partial charge in [0, 0.05) is 114 Å². The lowest BCUT2D eigenvalue weighted by Crippen LogP contribution is -2.30. The lowest BCUT2D eigenvalue weighted by molar-refractivity contribution is -0.766. The number of oxime groups is 1. The standard InChI is InChI=1S/C19H18FN3O5.C19H18FN3O4.C19H18FN3O3.2C18H16FN3O3/c1-22-6-5-11-12(13-7-10(20)3-4-16(13)27-2)8-14-17(15(11)9-22)21-19(24)18(14)28-23(25)26;1-23-6-5-11-12(13-7-10(20)3-4-16(13)26-2)8-14-17(15(11)9-23)21-27-22-18(14)19(24)25;1-2-23-6-5-11-12(13-7-10(20)3-4-16(13)24)8-14-17(15(11)9-23)21-19(25)18(14)22-26;1-22-5-4-10-11(12-6-9(19)2-3-15(12)23)7-13-16(14(10)8-22)20-18(24)17(13)21-25;1-25-15-3-2-9(19)6-12(15)11-7-13-16(21-18(23)17(13)22-24)14-8-20-5-4-10(11)14/h3-4,7-8,18H,5-6,9H2,1-2H3,(H,21,24);3-4,7-8,21H,5-6,9H2,1-2H3,(H,24,25);3-4,7-8,21,24-25H,2,5-6,9H2,1H3;2-3,6-7,20,23-24H,4-5,8H2,1H3;2-3,6-7,20-21,23H,4-5,8H2,1H3. The molecular weight excluding hydrogens is 1710 g/mol. The Morgan fingerprint density at radius 1 is 0.489 bits per heavy atom. The van der Waals surface area contributed by atoms with E-state index in [4.69, 9.17) is 19.1 Å². The quantitative estimate of drug-likeness (QED) is 0.0196. The molecule has 1 unspecified atom stereocenters. The first-order valence-electron chi connectivity index (χ1n) is 41.4. The van der Waals surface area contributed by atoms with Gasteiger partial charge in [0.2, 0.25) is 23.7 Å². The number of ether oxygens (including phenoxy) is 3.